The lowest BCUT2D eigenvalue weighted by Gasteiger charge is -2.09. The molecule has 17 heavy (non-hydrogen) atoms. The summed E-state index contributed by atoms with van der Waals surface area (Å²) in [4.78, 5) is 11.3. The predicted octanol–water partition coefficient (Wildman–Crippen LogP) is 1.65. The number of carbonyl (C=O) groups excluding carboxylic acids is 1. The fourth-order valence-electron chi connectivity index (χ4n) is 1.19. The van der Waals surface area contributed by atoms with Crippen LogP contribution in [0.25, 0.3) is 0 Å². The van der Waals surface area contributed by atoms with Crippen LogP contribution in [0.2, 0.25) is 5.02 Å². The van der Waals surface area contributed by atoms with Crippen LogP contribution in [-0.4, -0.2) is 32.7 Å². The number of para-hydroxylation sites is 1. The highest BCUT2D eigenvalue weighted by atomic mass is 35.5. The first-order valence-electron chi connectivity index (χ1n) is 5.08. The lowest BCUT2D eigenvalue weighted by atomic mass is 10.3. The first-order valence-corrected chi connectivity index (χ1v) is 5.46. The number of hydrogen-bond donors (Lipinski definition) is 2. The largest absolute Gasteiger partial charge is 0.383 e. The Morgan fingerprint density at radius 2 is 2.29 bits per heavy atom. The second-order valence-electron chi connectivity index (χ2n) is 3.29. The molecule has 2 N–H and O–H groups in total. The van der Waals surface area contributed by atoms with E-state index in [0.29, 0.717) is 13.2 Å². The topological polar surface area (TPSA) is 50.4 Å². The predicted molar refractivity (Wildman–Crippen MR) is 64.8 cm³/mol. The van der Waals surface area contributed by atoms with Gasteiger partial charge in [0, 0.05) is 13.7 Å². The van der Waals surface area contributed by atoms with Crippen LogP contribution in [-0.2, 0) is 9.53 Å². The smallest absolute Gasteiger partial charge is 0.239 e. The molecular weight excluding hydrogens is 247 g/mol. The van der Waals surface area contributed by atoms with Gasteiger partial charge in [0.15, 0.2) is 0 Å². The van der Waals surface area contributed by atoms with Gasteiger partial charge >= 0.3 is 0 Å². The molecule has 0 spiro atoms. The molecule has 0 saturated carbocycles. The molecule has 0 radical (unpaired) electrons. The van der Waals surface area contributed by atoms with Gasteiger partial charge in [-0.25, -0.2) is 4.39 Å². The number of benzene rings is 1. The molecule has 0 heterocycles. The Bertz CT molecular complexity index is 367. The molecule has 0 saturated heterocycles. The van der Waals surface area contributed by atoms with Gasteiger partial charge in [-0.3, -0.25) is 4.79 Å². The van der Waals surface area contributed by atoms with Gasteiger partial charge < -0.3 is 15.4 Å². The number of hydrogen-bond acceptors (Lipinski definition) is 3. The van der Waals surface area contributed by atoms with E-state index in [4.69, 9.17) is 16.3 Å². The van der Waals surface area contributed by atoms with Crippen molar-refractivity contribution in [2.45, 2.75) is 0 Å². The molecule has 94 valence electrons. The number of carbonyl (C=O) groups is 1. The first-order chi connectivity index (χ1) is 8.15. The third-order valence-corrected chi connectivity index (χ3v) is 2.33. The van der Waals surface area contributed by atoms with Crippen LogP contribution < -0.4 is 10.6 Å². The maximum Gasteiger partial charge on any atom is 0.239 e. The lowest BCUT2D eigenvalue weighted by Crippen LogP contribution is -2.32. The Labute approximate surface area is 104 Å². The molecule has 0 aliphatic rings. The van der Waals surface area contributed by atoms with Crippen molar-refractivity contribution in [2.24, 2.45) is 0 Å². The highest BCUT2D eigenvalue weighted by Gasteiger charge is 2.07. The Kier molecular flexibility index (Phi) is 5.72. The van der Waals surface area contributed by atoms with Crippen molar-refractivity contribution in [1.82, 2.24) is 5.32 Å². The van der Waals surface area contributed by atoms with Gasteiger partial charge in [0.1, 0.15) is 5.82 Å². The summed E-state index contributed by atoms with van der Waals surface area (Å²) in [6.45, 7) is 0.818. The van der Waals surface area contributed by atoms with Crippen LogP contribution in [0.15, 0.2) is 18.2 Å². The number of rotatable bonds is 6. The zero-order valence-electron chi connectivity index (χ0n) is 9.43. The van der Waals surface area contributed by atoms with Crippen molar-refractivity contribution < 1.29 is 13.9 Å². The van der Waals surface area contributed by atoms with E-state index in [1.54, 1.807) is 13.2 Å². The molecule has 0 aliphatic heterocycles. The van der Waals surface area contributed by atoms with Crippen molar-refractivity contribution in [3.05, 3.63) is 29.0 Å². The van der Waals surface area contributed by atoms with E-state index in [2.05, 4.69) is 10.6 Å². The highest BCUT2D eigenvalue weighted by molar-refractivity contribution is 6.33. The summed E-state index contributed by atoms with van der Waals surface area (Å²) in [6, 6.07) is 4.33. The SMILES string of the molecule is COCCNC(=O)CNc1c(F)cccc1Cl. The minimum Gasteiger partial charge on any atom is -0.383 e. The number of ether oxygens (including phenoxy) is 1. The van der Waals surface area contributed by atoms with Crippen molar-refractivity contribution in [2.75, 3.05) is 32.1 Å². The van der Waals surface area contributed by atoms with E-state index in [0.717, 1.165) is 0 Å². The molecule has 1 amide bonds. The fraction of sp³-hybridized carbons (Fsp3) is 0.364. The van der Waals surface area contributed by atoms with Crippen molar-refractivity contribution in [1.29, 1.82) is 0 Å². The first kappa shape index (κ1) is 13.7. The van der Waals surface area contributed by atoms with E-state index >= 15 is 0 Å². The van der Waals surface area contributed by atoms with Crippen LogP contribution in [0.5, 0.6) is 0 Å². The minimum absolute atomic E-state index is 0.0373. The molecule has 0 atom stereocenters. The van der Waals surface area contributed by atoms with Gasteiger partial charge in [0.05, 0.1) is 23.9 Å². The molecule has 0 unspecified atom stereocenters. The van der Waals surface area contributed by atoms with Crippen LogP contribution in [0, 0.1) is 5.82 Å². The van der Waals surface area contributed by atoms with Gasteiger partial charge in [-0.15, -0.1) is 0 Å². The van der Waals surface area contributed by atoms with E-state index in [-0.39, 0.29) is 23.2 Å². The summed E-state index contributed by atoms with van der Waals surface area (Å²) >= 11 is 5.79. The summed E-state index contributed by atoms with van der Waals surface area (Å²) in [5.74, 6) is -0.733. The maximum absolute atomic E-state index is 13.3. The average molecular weight is 261 g/mol. The summed E-state index contributed by atoms with van der Waals surface area (Å²) in [6.07, 6.45) is 0. The van der Waals surface area contributed by atoms with Gasteiger partial charge in [0.2, 0.25) is 5.91 Å². The molecular formula is C11H14ClFN2O2. The third kappa shape index (κ3) is 4.58. The number of nitrogens with one attached hydrogen (secondary N) is 2. The van der Waals surface area contributed by atoms with Gasteiger partial charge in [-0.2, -0.15) is 0 Å². The number of halogens is 2. The van der Waals surface area contributed by atoms with Gasteiger partial charge in [-0.05, 0) is 12.1 Å². The van der Waals surface area contributed by atoms with Crippen molar-refractivity contribution in [3.8, 4) is 0 Å². The summed E-state index contributed by atoms with van der Waals surface area (Å²) < 4.78 is 18.1. The molecule has 0 aliphatic carbocycles. The Balaban J connectivity index is 2.42. The molecule has 1 aromatic rings. The van der Waals surface area contributed by atoms with Gasteiger partial charge in [-0.1, -0.05) is 17.7 Å². The van der Waals surface area contributed by atoms with Crippen LogP contribution in [0.3, 0.4) is 0 Å². The van der Waals surface area contributed by atoms with Crippen LogP contribution in [0.1, 0.15) is 0 Å². The van der Waals surface area contributed by atoms with E-state index in [9.17, 15) is 9.18 Å². The number of methoxy groups -OCH3 is 1. The second kappa shape index (κ2) is 7.09. The van der Waals surface area contributed by atoms with Crippen molar-refractivity contribution >= 4 is 23.2 Å². The van der Waals surface area contributed by atoms with E-state index < -0.39 is 5.82 Å². The standard InChI is InChI=1S/C11H14ClFN2O2/c1-17-6-5-14-10(16)7-15-11-8(12)3-2-4-9(11)13/h2-4,15H,5-7H2,1H3,(H,14,16). The fourth-order valence-corrected chi connectivity index (χ4v) is 1.42. The van der Waals surface area contributed by atoms with E-state index in [1.165, 1.54) is 12.1 Å². The molecule has 6 heteroatoms. The normalized spacial score (nSPS) is 10.1. The zero-order chi connectivity index (χ0) is 12.7. The van der Waals surface area contributed by atoms with Crippen LogP contribution >= 0.6 is 11.6 Å². The zero-order valence-corrected chi connectivity index (χ0v) is 10.2. The van der Waals surface area contributed by atoms with Crippen molar-refractivity contribution in [3.63, 3.8) is 0 Å². The Morgan fingerprint density at radius 3 is 2.94 bits per heavy atom. The lowest BCUT2D eigenvalue weighted by molar-refractivity contribution is -0.119. The molecule has 0 bridgehead atoms. The quantitative estimate of drug-likeness (QED) is 0.765. The molecule has 0 fully saturated rings. The Morgan fingerprint density at radius 1 is 1.53 bits per heavy atom. The van der Waals surface area contributed by atoms with E-state index in [1.807, 2.05) is 0 Å². The van der Waals surface area contributed by atoms with Crippen LogP contribution in [0.4, 0.5) is 10.1 Å². The molecule has 1 rings (SSSR count). The monoisotopic (exact) mass is 260 g/mol. The molecule has 0 aromatic heterocycles. The number of amides is 1. The number of anilines is 1. The summed E-state index contributed by atoms with van der Waals surface area (Å²) in [5, 5.41) is 5.49. The highest BCUT2D eigenvalue weighted by Crippen LogP contribution is 2.23. The average Bonchev–Trinajstić information content (AvgIpc) is 2.29. The summed E-state index contributed by atoms with van der Waals surface area (Å²) in [7, 11) is 1.55. The molecule has 4 nitrogen and oxygen atoms in total. The second-order valence-corrected chi connectivity index (χ2v) is 3.70. The maximum atomic E-state index is 13.3. The third-order valence-electron chi connectivity index (χ3n) is 2.02. The van der Waals surface area contributed by atoms with Gasteiger partial charge in [0.25, 0.3) is 0 Å². The minimum atomic E-state index is -0.484. The Hall–Kier alpha value is -1.33. The summed E-state index contributed by atoms with van der Waals surface area (Å²) in [5.41, 5.74) is 0.135. The molecule has 1 aromatic carbocycles.